The largest absolute Gasteiger partial charge is 0.381 e. The molecular weight excluding hydrogens is 233 g/mol. The van der Waals surface area contributed by atoms with E-state index in [9.17, 15) is 4.39 Å². The number of hydrogen-bond acceptors (Lipinski definition) is 2. The maximum atomic E-state index is 13.0. The maximum Gasteiger partial charge on any atom is 0.123 e. The first-order valence-electron chi connectivity index (χ1n) is 5.62. The fourth-order valence-corrected chi connectivity index (χ4v) is 2.82. The Morgan fingerprint density at radius 2 is 1.94 bits per heavy atom. The highest BCUT2D eigenvalue weighted by Gasteiger charge is 2.04. The highest BCUT2D eigenvalue weighted by molar-refractivity contribution is 7.12. The van der Waals surface area contributed by atoms with Crippen LogP contribution in [0.5, 0.6) is 0 Å². The van der Waals surface area contributed by atoms with Crippen molar-refractivity contribution >= 4 is 17.0 Å². The molecule has 0 spiro atoms. The maximum absolute atomic E-state index is 13.0. The Hall–Kier alpha value is -1.35. The Bertz CT molecular complexity index is 531. The van der Waals surface area contributed by atoms with Gasteiger partial charge in [-0.2, -0.15) is 0 Å². The van der Waals surface area contributed by atoms with Crippen LogP contribution < -0.4 is 5.32 Å². The van der Waals surface area contributed by atoms with Gasteiger partial charge in [-0.25, -0.2) is 4.39 Å². The van der Waals surface area contributed by atoms with Crippen LogP contribution in [0.4, 0.5) is 10.1 Å². The second kappa shape index (κ2) is 4.88. The Morgan fingerprint density at radius 3 is 2.53 bits per heavy atom. The highest BCUT2D eigenvalue weighted by Crippen LogP contribution is 2.22. The first-order chi connectivity index (χ1) is 8.06. The first-order valence-corrected chi connectivity index (χ1v) is 6.44. The van der Waals surface area contributed by atoms with Crippen LogP contribution in [0.1, 0.15) is 20.9 Å². The molecule has 0 aliphatic rings. The van der Waals surface area contributed by atoms with Crippen molar-refractivity contribution in [2.45, 2.75) is 27.3 Å². The van der Waals surface area contributed by atoms with E-state index in [1.807, 2.05) is 18.3 Å². The molecule has 1 nitrogen and oxygen atoms in total. The van der Waals surface area contributed by atoms with Crippen LogP contribution in [0.15, 0.2) is 24.3 Å². The second-order valence-electron chi connectivity index (χ2n) is 4.25. The van der Waals surface area contributed by atoms with E-state index in [0.29, 0.717) is 0 Å². The summed E-state index contributed by atoms with van der Waals surface area (Å²) in [6.45, 7) is 6.95. The number of nitrogens with one attached hydrogen (secondary N) is 1. The van der Waals surface area contributed by atoms with Crippen molar-refractivity contribution in [3.05, 3.63) is 51.0 Å². The lowest BCUT2D eigenvalue weighted by atomic mass is 10.2. The van der Waals surface area contributed by atoms with Gasteiger partial charge in [-0.15, -0.1) is 11.3 Å². The van der Waals surface area contributed by atoms with Gasteiger partial charge in [0.1, 0.15) is 5.82 Å². The number of rotatable bonds is 3. The number of halogens is 1. The lowest BCUT2D eigenvalue weighted by Crippen LogP contribution is -2.01. The van der Waals surface area contributed by atoms with Crippen LogP contribution >= 0.6 is 11.3 Å². The molecule has 2 aromatic rings. The van der Waals surface area contributed by atoms with Crippen LogP contribution in [0, 0.1) is 26.6 Å². The number of aryl methyl sites for hydroxylation is 3. The zero-order valence-corrected chi connectivity index (χ0v) is 11.1. The minimum Gasteiger partial charge on any atom is -0.381 e. The van der Waals surface area contributed by atoms with E-state index in [1.165, 1.54) is 21.4 Å². The van der Waals surface area contributed by atoms with Gasteiger partial charge >= 0.3 is 0 Å². The lowest BCUT2D eigenvalue weighted by molar-refractivity contribution is 0.627. The third-order valence-corrected chi connectivity index (χ3v) is 3.81. The average Bonchev–Trinajstić information content (AvgIpc) is 2.56. The van der Waals surface area contributed by atoms with Crippen molar-refractivity contribution < 1.29 is 4.39 Å². The molecule has 1 heterocycles. The van der Waals surface area contributed by atoms with Gasteiger partial charge in [-0.05, 0) is 56.2 Å². The molecule has 3 heteroatoms. The monoisotopic (exact) mass is 249 g/mol. The Balaban J connectivity index is 2.10. The molecule has 0 saturated carbocycles. The van der Waals surface area contributed by atoms with Crippen molar-refractivity contribution in [1.82, 2.24) is 0 Å². The number of benzene rings is 1. The Kier molecular flexibility index (Phi) is 3.48. The SMILES string of the molecule is Cc1cc(CNc2ccc(F)cc2C)c(C)s1. The van der Waals surface area contributed by atoms with Crippen molar-refractivity contribution in [3.63, 3.8) is 0 Å². The van der Waals surface area contributed by atoms with Crippen molar-refractivity contribution in [2.24, 2.45) is 0 Å². The molecule has 0 saturated heterocycles. The normalized spacial score (nSPS) is 10.6. The number of thiophene rings is 1. The van der Waals surface area contributed by atoms with E-state index in [-0.39, 0.29) is 5.82 Å². The summed E-state index contributed by atoms with van der Waals surface area (Å²) in [5.74, 6) is -0.185. The zero-order valence-electron chi connectivity index (χ0n) is 10.3. The van der Waals surface area contributed by atoms with E-state index >= 15 is 0 Å². The standard InChI is InChI=1S/C14H16FNS/c1-9-6-13(15)4-5-14(9)16-8-12-7-10(2)17-11(12)3/h4-7,16H,8H2,1-3H3. The lowest BCUT2D eigenvalue weighted by Gasteiger charge is -2.09. The summed E-state index contributed by atoms with van der Waals surface area (Å²) in [6, 6.07) is 7.03. The minimum absolute atomic E-state index is 0.185. The van der Waals surface area contributed by atoms with Gasteiger partial charge in [0.05, 0.1) is 0 Å². The van der Waals surface area contributed by atoms with Crippen LogP contribution in [-0.4, -0.2) is 0 Å². The topological polar surface area (TPSA) is 12.0 Å². The van der Waals surface area contributed by atoms with E-state index in [4.69, 9.17) is 0 Å². The van der Waals surface area contributed by atoms with Crippen LogP contribution in [0.2, 0.25) is 0 Å². The Morgan fingerprint density at radius 1 is 1.18 bits per heavy atom. The van der Waals surface area contributed by atoms with Crippen molar-refractivity contribution in [2.75, 3.05) is 5.32 Å². The molecule has 0 unspecified atom stereocenters. The first kappa shape index (κ1) is 12.1. The summed E-state index contributed by atoms with van der Waals surface area (Å²) >= 11 is 1.81. The van der Waals surface area contributed by atoms with Crippen molar-refractivity contribution in [3.8, 4) is 0 Å². The fraction of sp³-hybridized carbons (Fsp3) is 0.286. The van der Waals surface area contributed by atoms with Gasteiger partial charge in [-0.3, -0.25) is 0 Å². The smallest absolute Gasteiger partial charge is 0.123 e. The van der Waals surface area contributed by atoms with Gasteiger partial charge in [0, 0.05) is 22.0 Å². The highest BCUT2D eigenvalue weighted by atomic mass is 32.1. The molecule has 0 bridgehead atoms. The molecule has 90 valence electrons. The summed E-state index contributed by atoms with van der Waals surface area (Å²) in [6.07, 6.45) is 0. The average molecular weight is 249 g/mol. The minimum atomic E-state index is -0.185. The summed E-state index contributed by atoms with van der Waals surface area (Å²) in [5.41, 5.74) is 3.25. The van der Waals surface area contributed by atoms with Gasteiger partial charge in [-0.1, -0.05) is 0 Å². The van der Waals surface area contributed by atoms with Gasteiger partial charge in [0.2, 0.25) is 0 Å². The van der Waals surface area contributed by atoms with Gasteiger partial charge in [0.15, 0.2) is 0 Å². The van der Waals surface area contributed by atoms with E-state index in [1.54, 1.807) is 12.1 Å². The summed E-state index contributed by atoms with van der Waals surface area (Å²) in [4.78, 5) is 2.67. The van der Waals surface area contributed by atoms with Crippen LogP contribution in [0.25, 0.3) is 0 Å². The van der Waals surface area contributed by atoms with Gasteiger partial charge in [0.25, 0.3) is 0 Å². The van der Waals surface area contributed by atoms with E-state index in [2.05, 4.69) is 25.2 Å². The third kappa shape index (κ3) is 2.86. The molecule has 0 fully saturated rings. The second-order valence-corrected chi connectivity index (χ2v) is 5.71. The van der Waals surface area contributed by atoms with Crippen molar-refractivity contribution in [1.29, 1.82) is 0 Å². The molecule has 0 aliphatic carbocycles. The van der Waals surface area contributed by atoms with Crippen LogP contribution in [0.3, 0.4) is 0 Å². The Labute approximate surface area is 105 Å². The fourth-order valence-electron chi connectivity index (χ4n) is 1.87. The predicted octanol–water partition coefficient (Wildman–Crippen LogP) is 4.42. The van der Waals surface area contributed by atoms with Crippen LogP contribution in [-0.2, 0) is 6.54 Å². The molecule has 0 amide bonds. The number of anilines is 1. The third-order valence-electron chi connectivity index (χ3n) is 2.80. The number of hydrogen-bond donors (Lipinski definition) is 1. The zero-order chi connectivity index (χ0) is 12.4. The molecule has 1 aromatic carbocycles. The van der Waals surface area contributed by atoms with E-state index < -0.39 is 0 Å². The summed E-state index contributed by atoms with van der Waals surface area (Å²) < 4.78 is 13.0. The molecule has 1 N–H and O–H groups in total. The summed E-state index contributed by atoms with van der Waals surface area (Å²) in [5, 5.41) is 3.35. The van der Waals surface area contributed by atoms with E-state index in [0.717, 1.165) is 17.8 Å². The van der Waals surface area contributed by atoms with Gasteiger partial charge < -0.3 is 5.32 Å². The molecule has 0 aliphatic heterocycles. The molecule has 0 atom stereocenters. The molecule has 17 heavy (non-hydrogen) atoms. The summed E-state index contributed by atoms with van der Waals surface area (Å²) in [7, 11) is 0. The predicted molar refractivity (Wildman–Crippen MR) is 72.3 cm³/mol. The molecule has 1 aromatic heterocycles. The quantitative estimate of drug-likeness (QED) is 0.848. The molecular formula is C14H16FNS. The molecule has 0 radical (unpaired) electrons. The molecule has 2 rings (SSSR count).